The van der Waals surface area contributed by atoms with Gasteiger partial charge in [-0.05, 0) is 29.8 Å². The van der Waals surface area contributed by atoms with E-state index in [0.717, 1.165) is 5.56 Å². The normalized spacial score (nSPS) is 12.0. The lowest BCUT2D eigenvalue weighted by Crippen LogP contribution is -2.02. The van der Waals surface area contributed by atoms with Gasteiger partial charge in [-0.25, -0.2) is 0 Å². The average molecular weight is 279 g/mol. The predicted octanol–water partition coefficient (Wildman–Crippen LogP) is 3.44. The minimum atomic E-state index is -0.790. The molecule has 1 atom stereocenters. The van der Waals surface area contributed by atoms with Gasteiger partial charge in [0.05, 0.1) is 14.2 Å². The molecule has 2 aromatic rings. The number of rotatable bonds is 4. The van der Waals surface area contributed by atoms with Crippen LogP contribution < -0.4 is 9.47 Å². The fourth-order valence-corrected chi connectivity index (χ4v) is 2.06. The molecule has 19 heavy (non-hydrogen) atoms. The van der Waals surface area contributed by atoms with Crippen LogP contribution in [0.4, 0.5) is 0 Å². The largest absolute Gasteiger partial charge is 0.497 e. The van der Waals surface area contributed by atoms with Crippen molar-refractivity contribution in [2.45, 2.75) is 6.10 Å². The number of ether oxygens (including phenoxy) is 2. The van der Waals surface area contributed by atoms with E-state index in [9.17, 15) is 5.11 Å². The Morgan fingerprint density at radius 3 is 2.53 bits per heavy atom. The summed E-state index contributed by atoms with van der Waals surface area (Å²) in [5.41, 5.74) is 1.40. The molecule has 0 aliphatic carbocycles. The Morgan fingerprint density at radius 2 is 1.84 bits per heavy atom. The van der Waals surface area contributed by atoms with Crippen LogP contribution in [0.15, 0.2) is 42.5 Å². The maximum atomic E-state index is 10.4. The number of hydrogen-bond acceptors (Lipinski definition) is 3. The third kappa shape index (κ3) is 3.00. The second-order valence-corrected chi connectivity index (χ2v) is 4.50. The summed E-state index contributed by atoms with van der Waals surface area (Å²) >= 11 is 5.91. The molecule has 0 bridgehead atoms. The van der Waals surface area contributed by atoms with E-state index in [4.69, 9.17) is 21.1 Å². The smallest absolute Gasteiger partial charge is 0.126 e. The molecule has 0 fully saturated rings. The SMILES string of the molecule is COc1cccc(C(O)c2ccc(Cl)cc2OC)c1. The van der Waals surface area contributed by atoms with Crippen LogP contribution in [0.5, 0.6) is 11.5 Å². The van der Waals surface area contributed by atoms with Gasteiger partial charge in [-0.2, -0.15) is 0 Å². The van der Waals surface area contributed by atoms with Gasteiger partial charge in [0, 0.05) is 10.6 Å². The standard InChI is InChI=1S/C15H15ClO3/c1-18-12-5-3-4-10(8-12)15(17)13-7-6-11(16)9-14(13)19-2/h3-9,15,17H,1-2H3. The second kappa shape index (κ2) is 5.95. The van der Waals surface area contributed by atoms with Crippen molar-refractivity contribution < 1.29 is 14.6 Å². The molecule has 0 aliphatic rings. The highest BCUT2D eigenvalue weighted by atomic mass is 35.5. The van der Waals surface area contributed by atoms with Gasteiger partial charge < -0.3 is 14.6 Å². The van der Waals surface area contributed by atoms with Crippen LogP contribution in [0.2, 0.25) is 5.02 Å². The van der Waals surface area contributed by atoms with Gasteiger partial charge in [0.1, 0.15) is 17.6 Å². The molecule has 0 amide bonds. The molecule has 1 unspecified atom stereocenters. The summed E-state index contributed by atoms with van der Waals surface area (Å²) in [7, 11) is 3.14. The zero-order valence-electron chi connectivity index (χ0n) is 10.8. The average Bonchev–Trinajstić information content (AvgIpc) is 2.46. The summed E-state index contributed by atoms with van der Waals surface area (Å²) in [5, 5.41) is 11.0. The number of methoxy groups -OCH3 is 2. The molecule has 0 aromatic heterocycles. The van der Waals surface area contributed by atoms with Crippen LogP contribution in [0.1, 0.15) is 17.2 Å². The molecule has 0 heterocycles. The molecule has 100 valence electrons. The molecular formula is C15H15ClO3. The van der Waals surface area contributed by atoms with Crippen LogP contribution in [0, 0.1) is 0 Å². The summed E-state index contributed by atoms with van der Waals surface area (Å²) in [6.07, 6.45) is -0.790. The minimum Gasteiger partial charge on any atom is -0.497 e. The van der Waals surface area contributed by atoms with Crippen LogP contribution in [0.25, 0.3) is 0 Å². The molecule has 3 nitrogen and oxygen atoms in total. The van der Waals surface area contributed by atoms with Crippen molar-refractivity contribution >= 4 is 11.6 Å². The lowest BCUT2D eigenvalue weighted by atomic mass is 10.0. The third-order valence-electron chi connectivity index (χ3n) is 2.90. The van der Waals surface area contributed by atoms with Crippen molar-refractivity contribution in [2.24, 2.45) is 0 Å². The van der Waals surface area contributed by atoms with Crippen molar-refractivity contribution in [1.29, 1.82) is 0 Å². The van der Waals surface area contributed by atoms with Crippen LogP contribution in [-0.4, -0.2) is 19.3 Å². The quantitative estimate of drug-likeness (QED) is 0.931. The van der Waals surface area contributed by atoms with Crippen LogP contribution in [-0.2, 0) is 0 Å². The maximum absolute atomic E-state index is 10.4. The van der Waals surface area contributed by atoms with Crippen LogP contribution in [0.3, 0.4) is 0 Å². The number of halogens is 1. The molecule has 0 saturated heterocycles. The summed E-state index contributed by atoms with van der Waals surface area (Å²) < 4.78 is 10.4. The van der Waals surface area contributed by atoms with E-state index in [-0.39, 0.29) is 0 Å². The number of benzene rings is 2. The fourth-order valence-electron chi connectivity index (χ4n) is 1.90. The third-order valence-corrected chi connectivity index (χ3v) is 3.13. The highest BCUT2D eigenvalue weighted by molar-refractivity contribution is 6.30. The minimum absolute atomic E-state index is 0.558. The molecular weight excluding hydrogens is 264 g/mol. The number of aliphatic hydroxyl groups excluding tert-OH is 1. The topological polar surface area (TPSA) is 38.7 Å². The maximum Gasteiger partial charge on any atom is 0.126 e. The highest BCUT2D eigenvalue weighted by Crippen LogP contribution is 2.33. The fraction of sp³-hybridized carbons (Fsp3) is 0.200. The Hall–Kier alpha value is -1.71. The van der Waals surface area contributed by atoms with Gasteiger partial charge in [0.2, 0.25) is 0 Å². The molecule has 0 radical (unpaired) electrons. The number of aliphatic hydroxyl groups is 1. The Labute approximate surface area is 117 Å². The van der Waals surface area contributed by atoms with Crippen LogP contribution >= 0.6 is 11.6 Å². The Kier molecular flexibility index (Phi) is 4.30. The molecule has 0 saturated carbocycles. The van der Waals surface area contributed by atoms with Crippen molar-refractivity contribution in [3.63, 3.8) is 0 Å². The highest BCUT2D eigenvalue weighted by Gasteiger charge is 2.16. The Bertz CT molecular complexity index is 569. The first-order valence-corrected chi connectivity index (χ1v) is 6.19. The van der Waals surface area contributed by atoms with E-state index in [1.165, 1.54) is 0 Å². The first-order chi connectivity index (χ1) is 9.15. The van der Waals surface area contributed by atoms with E-state index >= 15 is 0 Å². The van der Waals surface area contributed by atoms with Gasteiger partial charge in [-0.1, -0.05) is 29.8 Å². The first-order valence-electron chi connectivity index (χ1n) is 5.81. The lowest BCUT2D eigenvalue weighted by Gasteiger charge is -2.16. The summed E-state index contributed by atoms with van der Waals surface area (Å²) in [5.74, 6) is 1.26. The summed E-state index contributed by atoms with van der Waals surface area (Å²) in [4.78, 5) is 0. The number of hydrogen-bond donors (Lipinski definition) is 1. The van der Waals surface area contributed by atoms with Gasteiger partial charge in [-0.3, -0.25) is 0 Å². The molecule has 2 aromatic carbocycles. The van der Waals surface area contributed by atoms with Gasteiger partial charge in [0.15, 0.2) is 0 Å². The summed E-state index contributed by atoms with van der Waals surface area (Å²) in [6, 6.07) is 12.4. The van der Waals surface area contributed by atoms with E-state index in [0.29, 0.717) is 22.1 Å². The van der Waals surface area contributed by atoms with Crippen molar-refractivity contribution in [2.75, 3.05) is 14.2 Å². The molecule has 4 heteroatoms. The molecule has 1 N–H and O–H groups in total. The molecule has 2 rings (SSSR count). The Balaban J connectivity index is 2.40. The first kappa shape index (κ1) is 13.7. The second-order valence-electron chi connectivity index (χ2n) is 4.07. The lowest BCUT2D eigenvalue weighted by molar-refractivity contribution is 0.214. The van der Waals surface area contributed by atoms with E-state index in [1.54, 1.807) is 38.5 Å². The van der Waals surface area contributed by atoms with E-state index in [1.807, 2.05) is 18.2 Å². The van der Waals surface area contributed by atoms with Gasteiger partial charge >= 0.3 is 0 Å². The molecule has 0 spiro atoms. The molecule has 0 aliphatic heterocycles. The van der Waals surface area contributed by atoms with Crippen molar-refractivity contribution in [3.8, 4) is 11.5 Å². The monoisotopic (exact) mass is 278 g/mol. The van der Waals surface area contributed by atoms with E-state index < -0.39 is 6.10 Å². The van der Waals surface area contributed by atoms with Crippen molar-refractivity contribution in [1.82, 2.24) is 0 Å². The predicted molar refractivity (Wildman–Crippen MR) is 75.1 cm³/mol. The zero-order chi connectivity index (χ0) is 13.8. The van der Waals surface area contributed by atoms with E-state index in [2.05, 4.69) is 0 Å². The van der Waals surface area contributed by atoms with Crippen molar-refractivity contribution in [3.05, 3.63) is 58.6 Å². The summed E-state index contributed by atoms with van der Waals surface area (Å²) in [6.45, 7) is 0. The van der Waals surface area contributed by atoms with Gasteiger partial charge in [-0.15, -0.1) is 0 Å². The Morgan fingerprint density at radius 1 is 1.05 bits per heavy atom. The zero-order valence-corrected chi connectivity index (χ0v) is 11.5. The van der Waals surface area contributed by atoms with Gasteiger partial charge in [0.25, 0.3) is 0 Å².